The third-order valence-corrected chi connectivity index (χ3v) is 5.32. The molecule has 30 heavy (non-hydrogen) atoms. The molecule has 1 saturated carbocycles. The van der Waals surface area contributed by atoms with E-state index in [0.29, 0.717) is 5.02 Å². The molecule has 1 aliphatic carbocycles. The first-order valence-corrected chi connectivity index (χ1v) is 9.56. The molecule has 0 radical (unpaired) electrons. The minimum absolute atomic E-state index is 0.00106. The molecule has 1 N–H and O–H groups in total. The van der Waals surface area contributed by atoms with Gasteiger partial charge >= 0.3 is 0 Å². The van der Waals surface area contributed by atoms with Gasteiger partial charge in [-0.15, -0.1) is 0 Å². The molecule has 3 aromatic rings. The summed E-state index contributed by atoms with van der Waals surface area (Å²) in [5.41, 5.74) is -0.360. The number of halogens is 4. The minimum atomic E-state index is -2.76. The fraction of sp³-hybridized carbons (Fsp3) is 0.300. The van der Waals surface area contributed by atoms with Gasteiger partial charge in [0.1, 0.15) is 17.7 Å². The average molecular weight is 437 g/mol. The van der Waals surface area contributed by atoms with E-state index in [1.807, 2.05) is 0 Å². The molecule has 10 heteroatoms. The Morgan fingerprint density at radius 3 is 2.70 bits per heavy atom. The normalized spacial score (nSPS) is 16.8. The standard InChI is InChI=1S/C20H16ClF3N4O2/c21-12-1-4-17(25-9-12)27-18(29)16(5-11-7-20(23,24)8-11)28-10-26-15-3-2-13(22)6-14(15)19(28)30/h1-4,6,9-11,16H,5,7-8H2,(H,25,27,29). The fourth-order valence-electron chi connectivity index (χ4n) is 3.60. The maximum Gasteiger partial charge on any atom is 0.262 e. The largest absolute Gasteiger partial charge is 0.309 e. The smallest absolute Gasteiger partial charge is 0.262 e. The Kier molecular flexibility index (Phi) is 5.23. The monoisotopic (exact) mass is 436 g/mol. The second kappa shape index (κ2) is 7.71. The van der Waals surface area contributed by atoms with Crippen molar-refractivity contribution in [2.45, 2.75) is 31.2 Å². The first-order valence-electron chi connectivity index (χ1n) is 9.18. The van der Waals surface area contributed by atoms with E-state index in [1.165, 1.54) is 36.8 Å². The Balaban J connectivity index is 1.68. The molecule has 1 aliphatic rings. The third-order valence-electron chi connectivity index (χ3n) is 5.09. The van der Waals surface area contributed by atoms with E-state index < -0.39 is 35.2 Å². The Morgan fingerprint density at radius 2 is 2.03 bits per heavy atom. The summed E-state index contributed by atoms with van der Waals surface area (Å²) in [5.74, 6) is -4.24. The molecule has 1 aromatic carbocycles. The zero-order valence-corrected chi connectivity index (χ0v) is 16.2. The first-order chi connectivity index (χ1) is 14.2. The van der Waals surface area contributed by atoms with E-state index >= 15 is 0 Å². The molecule has 1 amide bonds. The van der Waals surface area contributed by atoms with Gasteiger partial charge in [0.25, 0.3) is 5.56 Å². The van der Waals surface area contributed by atoms with Crippen molar-refractivity contribution in [3.05, 3.63) is 64.0 Å². The number of amides is 1. The third kappa shape index (κ3) is 4.16. The van der Waals surface area contributed by atoms with Crippen molar-refractivity contribution >= 4 is 34.2 Å². The van der Waals surface area contributed by atoms with Crippen molar-refractivity contribution in [2.75, 3.05) is 5.32 Å². The zero-order chi connectivity index (χ0) is 21.5. The fourth-order valence-corrected chi connectivity index (χ4v) is 3.72. The topological polar surface area (TPSA) is 76.9 Å². The van der Waals surface area contributed by atoms with Gasteiger partial charge in [0.05, 0.1) is 22.3 Å². The number of carbonyl (C=O) groups excluding carboxylic acids is 1. The van der Waals surface area contributed by atoms with Gasteiger partial charge in [0.2, 0.25) is 11.8 Å². The summed E-state index contributed by atoms with van der Waals surface area (Å²) in [6, 6.07) is 5.45. The van der Waals surface area contributed by atoms with E-state index in [2.05, 4.69) is 15.3 Å². The highest BCUT2D eigenvalue weighted by Crippen LogP contribution is 2.45. The van der Waals surface area contributed by atoms with E-state index in [0.717, 1.165) is 10.6 Å². The lowest BCUT2D eigenvalue weighted by molar-refractivity contribution is -0.128. The molecule has 0 bridgehead atoms. The molecule has 0 aliphatic heterocycles. The molecular formula is C20H16ClF3N4O2. The van der Waals surface area contributed by atoms with Gasteiger partial charge in [0, 0.05) is 19.0 Å². The molecule has 2 aromatic heterocycles. The number of aromatic nitrogens is 3. The second-order valence-corrected chi connectivity index (χ2v) is 7.79. The van der Waals surface area contributed by atoms with Crippen LogP contribution < -0.4 is 10.9 Å². The van der Waals surface area contributed by atoms with Crippen molar-refractivity contribution < 1.29 is 18.0 Å². The van der Waals surface area contributed by atoms with Crippen LogP contribution in [0.1, 0.15) is 25.3 Å². The van der Waals surface area contributed by atoms with Gasteiger partial charge in [-0.3, -0.25) is 14.2 Å². The summed E-state index contributed by atoms with van der Waals surface area (Å²) >= 11 is 5.79. The average Bonchev–Trinajstić information content (AvgIpc) is 2.67. The van der Waals surface area contributed by atoms with Crippen molar-refractivity contribution in [2.24, 2.45) is 5.92 Å². The lowest BCUT2D eigenvalue weighted by Gasteiger charge is -2.36. The maximum absolute atomic E-state index is 13.6. The van der Waals surface area contributed by atoms with E-state index in [-0.39, 0.29) is 36.0 Å². The lowest BCUT2D eigenvalue weighted by atomic mass is 9.77. The van der Waals surface area contributed by atoms with Gasteiger partial charge in [-0.05, 0) is 42.7 Å². The minimum Gasteiger partial charge on any atom is -0.309 e. The summed E-state index contributed by atoms with van der Waals surface area (Å²) in [6.45, 7) is 0. The molecule has 1 unspecified atom stereocenters. The number of nitrogens with one attached hydrogen (secondary N) is 1. The number of rotatable bonds is 5. The molecular weight excluding hydrogens is 421 g/mol. The lowest BCUT2D eigenvalue weighted by Crippen LogP contribution is -2.41. The van der Waals surface area contributed by atoms with Crippen LogP contribution in [0.5, 0.6) is 0 Å². The number of carbonyl (C=O) groups is 1. The molecule has 156 valence electrons. The van der Waals surface area contributed by atoms with Crippen LogP contribution in [0.3, 0.4) is 0 Å². The predicted octanol–water partition coefficient (Wildman–Crippen LogP) is 4.20. The molecule has 1 atom stereocenters. The Morgan fingerprint density at radius 1 is 1.27 bits per heavy atom. The second-order valence-electron chi connectivity index (χ2n) is 7.35. The number of hydrogen-bond donors (Lipinski definition) is 1. The Hall–Kier alpha value is -2.94. The van der Waals surface area contributed by atoms with Crippen LogP contribution in [-0.4, -0.2) is 26.4 Å². The van der Waals surface area contributed by atoms with Crippen LogP contribution in [0, 0.1) is 11.7 Å². The van der Waals surface area contributed by atoms with Gasteiger partial charge in [-0.2, -0.15) is 0 Å². The summed E-state index contributed by atoms with van der Waals surface area (Å²) in [7, 11) is 0. The van der Waals surface area contributed by atoms with Crippen molar-refractivity contribution in [1.29, 1.82) is 0 Å². The number of fused-ring (bicyclic) bond motifs is 1. The highest BCUT2D eigenvalue weighted by Gasteiger charge is 2.46. The van der Waals surface area contributed by atoms with Gasteiger partial charge < -0.3 is 5.32 Å². The first kappa shape index (κ1) is 20.3. The Bertz CT molecular complexity index is 1160. The predicted molar refractivity (Wildman–Crippen MR) is 105 cm³/mol. The van der Waals surface area contributed by atoms with E-state index in [1.54, 1.807) is 0 Å². The SMILES string of the molecule is O=C(Nc1ccc(Cl)cn1)C(CC1CC(F)(F)C1)n1cnc2ccc(F)cc2c1=O. The van der Waals surface area contributed by atoms with E-state index in [4.69, 9.17) is 11.6 Å². The number of anilines is 1. The van der Waals surface area contributed by atoms with Crippen LogP contribution in [0.25, 0.3) is 10.9 Å². The highest BCUT2D eigenvalue weighted by atomic mass is 35.5. The van der Waals surface area contributed by atoms with Crippen LogP contribution in [0.15, 0.2) is 47.7 Å². The molecule has 2 heterocycles. The van der Waals surface area contributed by atoms with Gasteiger partial charge in [-0.1, -0.05) is 11.6 Å². The summed E-state index contributed by atoms with van der Waals surface area (Å²) < 4.78 is 41.3. The summed E-state index contributed by atoms with van der Waals surface area (Å²) in [4.78, 5) is 34.0. The molecule has 0 saturated heterocycles. The number of pyridine rings is 1. The van der Waals surface area contributed by atoms with Crippen LogP contribution >= 0.6 is 11.6 Å². The maximum atomic E-state index is 13.6. The van der Waals surface area contributed by atoms with Crippen LogP contribution in [0.4, 0.5) is 19.0 Å². The van der Waals surface area contributed by atoms with Gasteiger partial charge in [-0.25, -0.2) is 23.1 Å². The zero-order valence-electron chi connectivity index (χ0n) is 15.5. The molecule has 0 spiro atoms. The highest BCUT2D eigenvalue weighted by molar-refractivity contribution is 6.30. The Labute approximate surface area is 173 Å². The molecule has 1 fully saturated rings. The molecule has 4 rings (SSSR count). The molecule has 6 nitrogen and oxygen atoms in total. The number of benzene rings is 1. The number of alkyl halides is 2. The summed E-state index contributed by atoms with van der Waals surface area (Å²) in [5, 5.41) is 2.94. The van der Waals surface area contributed by atoms with Crippen LogP contribution in [0.2, 0.25) is 5.02 Å². The van der Waals surface area contributed by atoms with E-state index in [9.17, 15) is 22.8 Å². The summed E-state index contributed by atoms with van der Waals surface area (Å²) in [6.07, 6.45) is 1.81. The van der Waals surface area contributed by atoms with Gasteiger partial charge in [0.15, 0.2) is 0 Å². The van der Waals surface area contributed by atoms with Crippen molar-refractivity contribution in [1.82, 2.24) is 14.5 Å². The number of nitrogens with zero attached hydrogens (tertiary/aromatic N) is 3. The quantitative estimate of drug-likeness (QED) is 0.650. The van der Waals surface area contributed by atoms with Crippen molar-refractivity contribution in [3.63, 3.8) is 0 Å². The van der Waals surface area contributed by atoms with Crippen LogP contribution in [-0.2, 0) is 4.79 Å². The number of hydrogen-bond acceptors (Lipinski definition) is 4. The van der Waals surface area contributed by atoms with Crippen molar-refractivity contribution in [3.8, 4) is 0 Å².